The maximum atomic E-state index is 5.63. The monoisotopic (exact) mass is 321 g/mol. The topological polar surface area (TPSA) is 47.0 Å². The third-order valence-corrected chi connectivity index (χ3v) is 3.17. The summed E-state index contributed by atoms with van der Waals surface area (Å²) in [7, 11) is 0. The fraction of sp³-hybridized carbons (Fsp3) is 0.286. The molecule has 0 radical (unpaired) electrons. The predicted octanol–water partition coefficient (Wildman–Crippen LogP) is 3.45. The van der Waals surface area contributed by atoms with Gasteiger partial charge < -0.3 is 10.1 Å². The van der Waals surface area contributed by atoms with Crippen molar-refractivity contribution >= 4 is 15.9 Å². The highest BCUT2D eigenvalue weighted by Gasteiger charge is 2.05. The van der Waals surface area contributed by atoms with Gasteiger partial charge >= 0.3 is 6.01 Å². The minimum atomic E-state index is 0.352. The molecule has 1 aromatic carbocycles. The minimum absolute atomic E-state index is 0.352. The van der Waals surface area contributed by atoms with Crippen LogP contribution < -0.4 is 10.1 Å². The molecule has 0 fully saturated rings. The van der Waals surface area contributed by atoms with E-state index in [0.717, 1.165) is 23.1 Å². The molecule has 0 spiro atoms. The normalized spacial score (nSPS) is 10.5. The Labute approximate surface area is 121 Å². The van der Waals surface area contributed by atoms with Crippen LogP contribution in [0.1, 0.15) is 18.1 Å². The lowest BCUT2D eigenvalue weighted by Gasteiger charge is -2.07. The van der Waals surface area contributed by atoms with E-state index >= 15 is 0 Å². The van der Waals surface area contributed by atoms with Crippen molar-refractivity contribution in [3.63, 3.8) is 0 Å². The Hall–Kier alpha value is -1.46. The van der Waals surface area contributed by atoms with Gasteiger partial charge in [0.1, 0.15) is 5.75 Å². The summed E-state index contributed by atoms with van der Waals surface area (Å²) in [5.41, 5.74) is 2.21. The number of benzene rings is 1. The maximum absolute atomic E-state index is 5.63. The minimum Gasteiger partial charge on any atom is -0.423 e. The van der Waals surface area contributed by atoms with E-state index in [4.69, 9.17) is 4.74 Å². The predicted molar refractivity (Wildman–Crippen MR) is 78.4 cm³/mol. The number of hydrogen-bond donors (Lipinski definition) is 1. The highest BCUT2D eigenvalue weighted by molar-refractivity contribution is 9.10. The molecular formula is C14H16BrN3O. The molecule has 0 saturated carbocycles. The van der Waals surface area contributed by atoms with Crippen molar-refractivity contribution < 1.29 is 4.74 Å². The van der Waals surface area contributed by atoms with Gasteiger partial charge in [-0.15, -0.1) is 0 Å². The maximum Gasteiger partial charge on any atom is 0.321 e. The zero-order chi connectivity index (χ0) is 13.7. The van der Waals surface area contributed by atoms with Crippen LogP contribution in [0.2, 0.25) is 0 Å². The van der Waals surface area contributed by atoms with E-state index in [1.54, 1.807) is 12.4 Å². The molecule has 0 saturated heterocycles. The van der Waals surface area contributed by atoms with E-state index < -0.39 is 0 Å². The molecule has 0 atom stereocenters. The summed E-state index contributed by atoms with van der Waals surface area (Å²) in [6, 6.07) is 6.23. The fourth-order valence-electron chi connectivity index (χ4n) is 1.54. The molecule has 1 heterocycles. The van der Waals surface area contributed by atoms with Crippen LogP contribution in [0.3, 0.4) is 0 Å². The Morgan fingerprint density at radius 2 is 2.00 bits per heavy atom. The molecule has 0 aliphatic heterocycles. The number of aryl methyl sites for hydroxylation is 1. The van der Waals surface area contributed by atoms with E-state index in [1.807, 2.05) is 25.1 Å². The second-order valence-corrected chi connectivity index (χ2v) is 5.04. The van der Waals surface area contributed by atoms with Crippen molar-refractivity contribution in [2.45, 2.75) is 20.4 Å². The first-order chi connectivity index (χ1) is 9.19. The Kier molecular flexibility index (Phi) is 4.87. The van der Waals surface area contributed by atoms with Crippen LogP contribution in [0, 0.1) is 6.92 Å². The average Bonchev–Trinajstić information content (AvgIpc) is 2.41. The van der Waals surface area contributed by atoms with Gasteiger partial charge in [0.25, 0.3) is 0 Å². The summed E-state index contributed by atoms with van der Waals surface area (Å²) in [6.07, 6.45) is 3.54. The van der Waals surface area contributed by atoms with E-state index in [0.29, 0.717) is 11.8 Å². The van der Waals surface area contributed by atoms with Gasteiger partial charge in [-0.05, 0) is 47.1 Å². The number of rotatable bonds is 5. The van der Waals surface area contributed by atoms with Crippen LogP contribution in [0.5, 0.6) is 11.8 Å². The highest BCUT2D eigenvalue weighted by atomic mass is 79.9. The molecule has 2 rings (SSSR count). The standard InChI is InChI=1S/C14H16BrN3O/c1-3-16-7-11-8-17-14(18-9-11)19-13-5-4-10(2)6-12(13)15/h4-6,8-9,16H,3,7H2,1-2H3. The first kappa shape index (κ1) is 14.0. The van der Waals surface area contributed by atoms with Crippen molar-refractivity contribution in [1.29, 1.82) is 0 Å². The molecule has 19 heavy (non-hydrogen) atoms. The zero-order valence-corrected chi connectivity index (χ0v) is 12.6. The van der Waals surface area contributed by atoms with Gasteiger partial charge in [0.15, 0.2) is 0 Å². The van der Waals surface area contributed by atoms with Gasteiger partial charge in [-0.2, -0.15) is 0 Å². The third-order valence-electron chi connectivity index (χ3n) is 2.55. The second kappa shape index (κ2) is 6.63. The summed E-state index contributed by atoms with van der Waals surface area (Å²) in [6.45, 7) is 5.79. The van der Waals surface area contributed by atoms with Crippen molar-refractivity contribution in [2.75, 3.05) is 6.54 Å². The van der Waals surface area contributed by atoms with Gasteiger partial charge in [0.05, 0.1) is 4.47 Å². The molecule has 1 aromatic heterocycles. The van der Waals surface area contributed by atoms with Gasteiger partial charge in [-0.1, -0.05) is 13.0 Å². The molecule has 0 bridgehead atoms. The quantitative estimate of drug-likeness (QED) is 0.916. The molecule has 0 amide bonds. The van der Waals surface area contributed by atoms with Crippen molar-refractivity contribution in [3.8, 4) is 11.8 Å². The summed E-state index contributed by atoms with van der Waals surface area (Å²) >= 11 is 3.46. The second-order valence-electron chi connectivity index (χ2n) is 4.19. The fourth-order valence-corrected chi connectivity index (χ4v) is 2.12. The van der Waals surface area contributed by atoms with Crippen molar-refractivity contribution in [2.24, 2.45) is 0 Å². The molecule has 0 unspecified atom stereocenters. The zero-order valence-electron chi connectivity index (χ0n) is 11.0. The Bertz CT molecular complexity index is 543. The van der Waals surface area contributed by atoms with Gasteiger partial charge in [-0.3, -0.25) is 0 Å². The molecule has 0 aliphatic rings. The average molecular weight is 322 g/mol. The summed E-state index contributed by atoms with van der Waals surface area (Å²) in [5, 5.41) is 3.22. The van der Waals surface area contributed by atoms with Crippen LogP contribution in [-0.2, 0) is 6.54 Å². The van der Waals surface area contributed by atoms with Crippen molar-refractivity contribution in [1.82, 2.24) is 15.3 Å². The molecular weight excluding hydrogens is 306 g/mol. The molecule has 0 aliphatic carbocycles. The highest BCUT2D eigenvalue weighted by Crippen LogP contribution is 2.28. The SMILES string of the molecule is CCNCc1cnc(Oc2ccc(C)cc2Br)nc1. The molecule has 2 aromatic rings. The number of hydrogen-bond acceptors (Lipinski definition) is 4. The number of ether oxygens (including phenoxy) is 1. The summed E-state index contributed by atoms with van der Waals surface area (Å²) in [5.74, 6) is 0.713. The Morgan fingerprint density at radius 1 is 1.26 bits per heavy atom. The van der Waals surface area contributed by atoms with E-state index in [9.17, 15) is 0 Å². The molecule has 100 valence electrons. The summed E-state index contributed by atoms with van der Waals surface area (Å²) in [4.78, 5) is 8.39. The van der Waals surface area contributed by atoms with E-state index in [1.165, 1.54) is 5.56 Å². The summed E-state index contributed by atoms with van der Waals surface area (Å²) < 4.78 is 6.53. The third kappa shape index (κ3) is 4.01. The van der Waals surface area contributed by atoms with Gasteiger partial charge in [0, 0.05) is 24.5 Å². The van der Waals surface area contributed by atoms with Crippen LogP contribution in [0.15, 0.2) is 35.1 Å². The Balaban J connectivity index is 2.06. The van der Waals surface area contributed by atoms with Crippen LogP contribution in [0.25, 0.3) is 0 Å². The molecule has 5 heteroatoms. The number of nitrogens with one attached hydrogen (secondary N) is 1. The lowest BCUT2D eigenvalue weighted by Crippen LogP contribution is -2.12. The van der Waals surface area contributed by atoms with E-state index in [2.05, 4.69) is 38.1 Å². The number of halogens is 1. The van der Waals surface area contributed by atoms with Gasteiger partial charge in [-0.25, -0.2) is 9.97 Å². The number of nitrogens with zero attached hydrogens (tertiary/aromatic N) is 2. The number of aromatic nitrogens is 2. The largest absolute Gasteiger partial charge is 0.423 e. The van der Waals surface area contributed by atoms with E-state index in [-0.39, 0.29) is 0 Å². The molecule has 1 N–H and O–H groups in total. The van der Waals surface area contributed by atoms with Crippen molar-refractivity contribution in [3.05, 3.63) is 46.2 Å². The van der Waals surface area contributed by atoms with Gasteiger partial charge in [0.2, 0.25) is 0 Å². The molecule has 4 nitrogen and oxygen atoms in total. The smallest absolute Gasteiger partial charge is 0.321 e. The van der Waals surface area contributed by atoms with Crippen LogP contribution >= 0.6 is 15.9 Å². The van der Waals surface area contributed by atoms with Crippen LogP contribution in [-0.4, -0.2) is 16.5 Å². The first-order valence-corrected chi connectivity index (χ1v) is 6.94. The Morgan fingerprint density at radius 3 is 2.63 bits per heavy atom. The lowest BCUT2D eigenvalue weighted by molar-refractivity contribution is 0.438. The van der Waals surface area contributed by atoms with Crippen LogP contribution in [0.4, 0.5) is 0 Å². The first-order valence-electron chi connectivity index (χ1n) is 6.14. The lowest BCUT2D eigenvalue weighted by atomic mass is 10.2.